The Balaban J connectivity index is 5.37. The van der Waals surface area contributed by atoms with Crippen molar-refractivity contribution in [2.45, 2.75) is 316 Å². The number of allylic oxidation sites excluding steroid dienone is 16. The maximum Gasteiger partial charge on any atom is 0.472 e. The first-order valence-electron chi connectivity index (χ1n) is 36.5. The lowest BCUT2D eigenvalue weighted by Gasteiger charge is -2.21. The Labute approximate surface area is 569 Å². The van der Waals surface area contributed by atoms with Crippen LogP contribution in [0.5, 0.6) is 0 Å². The lowest BCUT2D eigenvalue weighted by molar-refractivity contribution is -0.161. The number of esters is 4. The molecular formula is C75H130O17P2. The van der Waals surface area contributed by atoms with E-state index in [0.29, 0.717) is 25.7 Å². The molecular weight excluding hydrogens is 1230 g/mol. The predicted octanol–water partition coefficient (Wildman–Crippen LogP) is 20.4. The van der Waals surface area contributed by atoms with E-state index < -0.39 is 97.5 Å². The first-order valence-corrected chi connectivity index (χ1v) is 39.5. The Bertz CT molecular complexity index is 2170. The minimum atomic E-state index is -4.98. The summed E-state index contributed by atoms with van der Waals surface area (Å²) in [5, 5.41) is 10.6. The summed E-state index contributed by atoms with van der Waals surface area (Å²) in [6.45, 7) is 4.56. The molecule has 0 aromatic heterocycles. The largest absolute Gasteiger partial charge is 0.472 e. The maximum atomic E-state index is 13.0. The van der Waals surface area contributed by atoms with Crippen LogP contribution in [-0.2, 0) is 65.4 Å². The standard InChI is InChI=1S/C75H130O17P2/c1-5-9-13-17-21-25-29-32-34-37-41-44-48-52-56-60-73(78)86-66-71(92-75(80)62-58-54-50-46-42-38-35-33-30-26-22-18-14-10-6-2)68-90-94(83,84)88-64-69(76)63-87-93(81,82)89-67-70(91-74(79)61-57-53-49-45-39-28-24-20-16-12-8-4)65-85-72(77)59-55-51-47-43-40-36-31-27-23-19-15-11-7-3/h9,13,15,19-21,24-25,27,31-35,41,44,69-71,76H,5-8,10-12,14,16-18,22-23,26,28-30,36-40,42-43,45-68H2,1-4H3,(H,81,82)(H,83,84)/b13-9-,19-15-,24-20-,25-21-,31-27-,34-32-,35-33-,44-41-. The summed E-state index contributed by atoms with van der Waals surface area (Å²) >= 11 is 0. The normalized spacial score (nSPS) is 14.6. The summed E-state index contributed by atoms with van der Waals surface area (Å²) in [6, 6.07) is 0. The Hall–Kier alpha value is -4.02. The lowest BCUT2D eigenvalue weighted by Crippen LogP contribution is -2.30. The molecule has 0 radical (unpaired) electrons. The first-order chi connectivity index (χ1) is 45.7. The molecule has 0 bridgehead atoms. The molecule has 0 saturated carbocycles. The molecule has 0 rings (SSSR count). The molecule has 17 nitrogen and oxygen atoms in total. The molecule has 542 valence electrons. The van der Waals surface area contributed by atoms with E-state index in [9.17, 15) is 43.2 Å². The van der Waals surface area contributed by atoms with E-state index in [0.717, 1.165) is 167 Å². The fourth-order valence-electron chi connectivity index (χ4n) is 9.40. The highest BCUT2D eigenvalue weighted by molar-refractivity contribution is 7.47. The van der Waals surface area contributed by atoms with Gasteiger partial charge in [0.15, 0.2) is 12.2 Å². The second kappa shape index (κ2) is 67.5. The van der Waals surface area contributed by atoms with Gasteiger partial charge >= 0.3 is 39.5 Å². The number of carbonyl (C=O) groups excluding carboxylic acids is 4. The van der Waals surface area contributed by atoms with Gasteiger partial charge in [-0.05, 0) is 135 Å². The molecule has 0 aliphatic heterocycles. The van der Waals surface area contributed by atoms with Crippen molar-refractivity contribution in [3.8, 4) is 0 Å². The van der Waals surface area contributed by atoms with Crippen molar-refractivity contribution < 1.29 is 80.2 Å². The summed E-state index contributed by atoms with van der Waals surface area (Å²) in [7, 11) is -9.95. The molecule has 0 heterocycles. The van der Waals surface area contributed by atoms with Crippen LogP contribution < -0.4 is 0 Å². The van der Waals surface area contributed by atoms with Gasteiger partial charge in [-0.25, -0.2) is 9.13 Å². The summed E-state index contributed by atoms with van der Waals surface area (Å²) in [6.07, 6.45) is 68.5. The highest BCUT2D eigenvalue weighted by Crippen LogP contribution is 2.45. The van der Waals surface area contributed by atoms with E-state index in [4.69, 9.17) is 37.0 Å². The van der Waals surface area contributed by atoms with Gasteiger partial charge in [0.25, 0.3) is 0 Å². The van der Waals surface area contributed by atoms with Crippen molar-refractivity contribution >= 4 is 39.5 Å². The maximum absolute atomic E-state index is 13.0. The van der Waals surface area contributed by atoms with Gasteiger partial charge < -0.3 is 33.8 Å². The van der Waals surface area contributed by atoms with Crippen molar-refractivity contribution in [2.75, 3.05) is 39.6 Å². The van der Waals surface area contributed by atoms with E-state index in [1.54, 1.807) is 0 Å². The highest BCUT2D eigenvalue weighted by atomic mass is 31.2. The number of hydrogen-bond acceptors (Lipinski definition) is 15. The minimum absolute atomic E-state index is 0.0756. The van der Waals surface area contributed by atoms with Gasteiger partial charge in [0, 0.05) is 25.7 Å². The fraction of sp³-hybridized carbons (Fsp3) is 0.733. The number of unbranched alkanes of at least 4 members (excludes halogenated alkanes) is 26. The van der Waals surface area contributed by atoms with E-state index in [1.165, 1.54) is 51.4 Å². The molecule has 5 atom stereocenters. The van der Waals surface area contributed by atoms with E-state index >= 15 is 0 Å². The van der Waals surface area contributed by atoms with Crippen molar-refractivity contribution in [3.05, 3.63) is 97.2 Å². The fourth-order valence-corrected chi connectivity index (χ4v) is 11.0. The minimum Gasteiger partial charge on any atom is -0.462 e. The zero-order chi connectivity index (χ0) is 69.0. The number of ether oxygens (including phenoxy) is 4. The molecule has 5 unspecified atom stereocenters. The number of aliphatic hydroxyl groups excluding tert-OH is 1. The molecule has 94 heavy (non-hydrogen) atoms. The smallest absolute Gasteiger partial charge is 0.462 e. The Morgan fingerprint density at radius 2 is 0.585 bits per heavy atom. The lowest BCUT2D eigenvalue weighted by atomic mass is 10.1. The van der Waals surface area contributed by atoms with Crippen LogP contribution in [0.1, 0.15) is 297 Å². The third kappa shape index (κ3) is 66.6. The molecule has 0 aromatic carbocycles. The molecule has 0 saturated heterocycles. The molecule has 0 spiro atoms. The van der Waals surface area contributed by atoms with Crippen LogP contribution in [0.15, 0.2) is 97.2 Å². The quantitative estimate of drug-likeness (QED) is 0.0169. The summed E-state index contributed by atoms with van der Waals surface area (Å²) < 4.78 is 68.2. The molecule has 19 heteroatoms. The summed E-state index contributed by atoms with van der Waals surface area (Å²) in [5.41, 5.74) is 0. The van der Waals surface area contributed by atoms with Gasteiger partial charge in [-0.2, -0.15) is 0 Å². The topological polar surface area (TPSA) is 237 Å². The van der Waals surface area contributed by atoms with Gasteiger partial charge in [-0.3, -0.25) is 37.3 Å². The monoisotopic (exact) mass is 1360 g/mol. The van der Waals surface area contributed by atoms with Crippen LogP contribution in [-0.4, -0.2) is 96.7 Å². The molecule has 0 aliphatic carbocycles. The van der Waals surface area contributed by atoms with Crippen molar-refractivity contribution in [2.24, 2.45) is 0 Å². The average molecular weight is 1370 g/mol. The number of carbonyl (C=O) groups is 4. The van der Waals surface area contributed by atoms with Crippen molar-refractivity contribution in [1.82, 2.24) is 0 Å². The van der Waals surface area contributed by atoms with E-state index in [-0.39, 0.29) is 25.7 Å². The van der Waals surface area contributed by atoms with E-state index in [1.807, 2.05) is 0 Å². The van der Waals surface area contributed by atoms with Crippen LogP contribution in [0.2, 0.25) is 0 Å². The van der Waals surface area contributed by atoms with Crippen LogP contribution in [0.25, 0.3) is 0 Å². The third-order valence-electron chi connectivity index (χ3n) is 15.0. The summed E-state index contributed by atoms with van der Waals surface area (Å²) in [4.78, 5) is 72.6. The average Bonchev–Trinajstić information content (AvgIpc) is 1.36. The zero-order valence-corrected chi connectivity index (χ0v) is 60.7. The van der Waals surface area contributed by atoms with Gasteiger partial charge in [0.2, 0.25) is 0 Å². The number of phosphoric ester groups is 2. The number of aliphatic hydroxyl groups is 1. The Kier molecular flexibility index (Phi) is 64.7. The second-order valence-electron chi connectivity index (χ2n) is 24.1. The van der Waals surface area contributed by atoms with Gasteiger partial charge in [-0.15, -0.1) is 0 Å². The molecule has 0 fully saturated rings. The van der Waals surface area contributed by atoms with Crippen molar-refractivity contribution in [3.63, 3.8) is 0 Å². The zero-order valence-electron chi connectivity index (χ0n) is 58.9. The predicted molar refractivity (Wildman–Crippen MR) is 381 cm³/mol. The molecule has 3 N–H and O–H groups in total. The molecule has 0 aromatic rings. The third-order valence-corrected chi connectivity index (χ3v) is 16.9. The first kappa shape index (κ1) is 90.0. The van der Waals surface area contributed by atoms with Gasteiger partial charge in [0.1, 0.15) is 19.3 Å². The highest BCUT2D eigenvalue weighted by Gasteiger charge is 2.30. The number of phosphoric acid groups is 2. The second-order valence-corrected chi connectivity index (χ2v) is 27.0. The van der Waals surface area contributed by atoms with Crippen LogP contribution >= 0.6 is 15.6 Å². The summed E-state index contributed by atoms with van der Waals surface area (Å²) in [5.74, 6) is -2.25. The van der Waals surface area contributed by atoms with E-state index in [2.05, 4.69) is 125 Å². The van der Waals surface area contributed by atoms with Gasteiger partial charge in [0.05, 0.1) is 26.4 Å². The number of rotatable bonds is 68. The number of hydrogen-bond donors (Lipinski definition) is 3. The van der Waals surface area contributed by atoms with Crippen molar-refractivity contribution in [1.29, 1.82) is 0 Å². The van der Waals surface area contributed by atoms with Crippen LogP contribution in [0, 0.1) is 0 Å². The SMILES string of the molecule is CC/C=C\C/C=C\C/C=C\C/C=C\CCCCC(=O)OCC(COP(=O)(O)OCC(O)COP(=O)(O)OCC(COC(=O)CCCCCCC/C=C\C/C=C\CCC)OC(=O)CCCCCCC/C=C\CCCC)OC(=O)CCCCCCC/C=C\CCCCCCCC. The van der Waals surface area contributed by atoms with Gasteiger partial charge in [-0.1, -0.05) is 234 Å². The molecule has 0 amide bonds. The Morgan fingerprint density at radius 3 is 0.957 bits per heavy atom. The molecule has 0 aliphatic rings. The Morgan fingerprint density at radius 1 is 0.309 bits per heavy atom. The van der Waals surface area contributed by atoms with Crippen LogP contribution in [0.3, 0.4) is 0 Å². The van der Waals surface area contributed by atoms with Crippen LogP contribution in [0.4, 0.5) is 0 Å².